The quantitative estimate of drug-likeness (QED) is 0.0564. The molecule has 0 aromatic heterocycles. The van der Waals surface area contributed by atoms with Gasteiger partial charge in [-0.25, -0.2) is 4.79 Å². The highest BCUT2D eigenvalue weighted by atomic mass is 16.4. The first-order chi connectivity index (χ1) is 19.2. The third-order valence-electron chi connectivity index (χ3n) is 6.37. The number of aromatic hydroxyl groups is 1. The van der Waals surface area contributed by atoms with Crippen molar-refractivity contribution in [3.05, 3.63) is 29.8 Å². The van der Waals surface area contributed by atoms with Gasteiger partial charge in [-0.3, -0.25) is 24.2 Å². The standard InChI is InChI=1S/C26H41N7O8/c1-3-14(2)21(25(40)41)33-23(38)18(5-4-12-30-26(28)29)31-24(39)19(13-15-6-8-16(34)9-7-15)32-22(37)17(27)10-11-20(35)36/h6-9,14,17-19,21,34H,3-5,10-13,27H2,1-2H3,(H,31,39)(H,32,37)(H,33,38)(H,35,36)(H,40,41)(H4,28,29,30). The number of guanidine groups is 1. The fourth-order valence-electron chi connectivity index (χ4n) is 3.75. The van der Waals surface area contributed by atoms with Crippen LogP contribution in [0, 0.1) is 5.92 Å². The molecular formula is C26H41N7O8. The van der Waals surface area contributed by atoms with Crippen molar-refractivity contribution in [2.24, 2.45) is 28.1 Å². The van der Waals surface area contributed by atoms with Gasteiger partial charge in [-0.1, -0.05) is 32.4 Å². The minimum Gasteiger partial charge on any atom is -0.508 e. The van der Waals surface area contributed by atoms with Crippen molar-refractivity contribution < 1.29 is 39.3 Å². The predicted octanol–water partition coefficient (Wildman–Crippen LogP) is -1.23. The zero-order valence-corrected chi connectivity index (χ0v) is 23.2. The second kappa shape index (κ2) is 17.3. The number of nitrogens with one attached hydrogen (secondary N) is 3. The van der Waals surface area contributed by atoms with E-state index in [0.29, 0.717) is 12.0 Å². The lowest BCUT2D eigenvalue weighted by Gasteiger charge is -2.26. The summed E-state index contributed by atoms with van der Waals surface area (Å²) < 4.78 is 0. The maximum Gasteiger partial charge on any atom is 0.326 e. The lowest BCUT2D eigenvalue weighted by atomic mass is 9.98. The van der Waals surface area contributed by atoms with E-state index in [1.807, 2.05) is 0 Å². The molecule has 0 saturated carbocycles. The highest BCUT2D eigenvalue weighted by Crippen LogP contribution is 2.13. The molecule has 3 amide bonds. The Morgan fingerprint density at radius 2 is 1.49 bits per heavy atom. The molecule has 1 rings (SSSR count). The Morgan fingerprint density at radius 1 is 0.902 bits per heavy atom. The lowest BCUT2D eigenvalue weighted by Crippen LogP contribution is -2.58. The summed E-state index contributed by atoms with van der Waals surface area (Å²) in [6.07, 6.45) is 0.183. The second-order valence-corrected chi connectivity index (χ2v) is 9.69. The molecule has 228 valence electrons. The molecule has 1 aromatic rings. The molecule has 0 fully saturated rings. The van der Waals surface area contributed by atoms with Crippen molar-refractivity contribution in [1.82, 2.24) is 16.0 Å². The Hall–Kier alpha value is -4.40. The van der Waals surface area contributed by atoms with Crippen molar-refractivity contribution in [3.8, 4) is 5.75 Å². The Bertz CT molecular complexity index is 1080. The van der Waals surface area contributed by atoms with Gasteiger partial charge in [0, 0.05) is 19.4 Å². The average molecular weight is 580 g/mol. The largest absolute Gasteiger partial charge is 0.508 e. The number of carboxylic acids is 2. The highest BCUT2D eigenvalue weighted by Gasteiger charge is 2.32. The molecule has 0 saturated heterocycles. The molecule has 0 aliphatic carbocycles. The van der Waals surface area contributed by atoms with E-state index in [4.69, 9.17) is 22.3 Å². The number of phenolic OH excluding ortho intramolecular Hbond substituents is 1. The van der Waals surface area contributed by atoms with E-state index in [9.17, 15) is 34.2 Å². The Morgan fingerprint density at radius 3 is 2.02 bits per heavy atom. The number of rotatable bonds is 18. The van der Waals surface area contributed by atoms with E-state index in [0.717, 1.165) is 0 Å². The van der Waals surface area contributed by atoms with Gasteiger partial charge in [0.15, 0.2) is 5.96 Å². The summed E-state index contributed by atoms with van der Waals surface area (Å²) in [7, 11) is 0. The number of hydrogen-bond acceptors (Lipinski definition) is 8. The molecule has 0 bridgehead atoms. The number of carbonyl (C=O) groups excluding carboxylic acids is 3. The summed E-state index contributed by atoms with van der Waals surface area (Å²) in [5.41, 5.74) is 17.1. The molecule has 0 aliphatic heterocycles. The fourth-order valence-corrected chi connectivity index (χ4v) is 3.75. The van der Waals surface area contributed by atoms with Crippen molar-refractivity contribution in [2.45, 2.75) is 76.5 Å². The summed E-state index contributed by atoms with van der Waals surface area (Å²) in [5, 5.41) is 35.6. The maximum atomic E-state index is 13.4. The minimum absolute atomic E-state index is 0.0127. The molecule has 1 aromatic carbocycles. The number of aliphatic carboxylic acids is 2. The van der Waals surface area contributed by atoms with Gasteiger partial charge in [0.05, 0.1) is 6.04 Å². The number of phenols is 1. The fraction of sp³-hybridized carbons (Fsp3) is 0.538. The molecule has 12 N–H and O–H groups in total. The summed E-state index contributed by atoms with van der Waals surface area (Å²) in [4.78, 5) is 65.8. The first kappa shape index (κ1) is 34.6. The maximum absolute atomic E-state index is 13.4. The van der Waals surface area contributed by atoms with Crippen LogP contribution in [0.5, 0.6) is 5.75 Å². The van der Waals surface area contributed by atoms with Gasteiger partial charge in [0.1, 0.15) is 23.9 Å². The molecule has 0 spiro atoms. The van der Waals surface area contributed by atoms with E-state index in [1.165, 1.54) is 24.3 Å². The van der Waals surface area contributed by atoms with Crippen LogP contribution in [-0.4, -0.2) is 81.7 Å². The normalized spacial score (nSPS) is 14.4. The van der Waals surface area contributed by atoms with Gasteiger partial charge in [-0.05, 0) is 42.9 Å². The van der Waals surface area contributed by atoms with Gasteiger partial charge in [-0.2, -0.15) is 0 Å². The summed E-state index contributed by atoms with van der Waals surface area (Å²) in [6, 6.07) is 0.987. The molecule has 5 unspecified atom stereocenters. The Labute approximate surface area is 237 Å². The third-order valence-corrected chi connectivity index (χ3v) is 6.37. The van der Waals surface area contributed by atoms with Gasteiger partial charge < -0.3 is 48.5 Å². The molecule has 15 heteroatoms. The number of nitrogens with zero attached hydrogens (tertiary/aromatic N) is 1. The van der Waals surface area contributed by atoms with Crippen LogP contribution in [0.3, 0.4) is 0 Å². The van der Waals surface area contributed by atoms with E-state index in [-0.39, 0.29) is 50.4 Å². The van der Waals surface area contributed by atoms with Crippen LogP contribution in [0.1, 0.15) is 51.5 Å². The minimum atomic E-state index is -1.25. The van der Waals surface area contributed by atoms with Crippen LogP contribution in [-0.2, 0) is 30.4 Å². The van der Waals surface area contributed by atoms with Gasteiger partial charge in [0.2, 0.25) is 17.7 Å². The van der Waals surface area contributed by atoms with Crippen molar-refractivity contribution >= 4 is 35.6 Å². The molecular weight excluding hydrogens is 538 g/mol. The van der Waals surface area contributed by atoms with Crippen LogP contribution in [0.2, 0.25) is 0 Å². The molecule has 0 aliphatic rings. The number of hydrogen-bond donors (Lipinski definition) is 9. The Balaban J connectivity index is 3.21. The second-order valence-electron chi connectivity index (χ2n) is 9.69. The van der Waals surface area contributed by atoms with E-state index >= 15 is 0 Å². The van der Waals surface area contributed by atoms with E-state index < -0.39 is 59.7 Å². The zero-order valence-electron chi connectivity index (χ0n) is 23.2. The van der Waals surface area contributed by atoms with Gasteiger partial charge >= 0.3 is 11.9 Å². The number of carbonyl (C=O) groups is 5. The predicted molar refractivity (Wildman–Crippen MR) is 149 cm³/mol. The first-order valence-corrected chi connectivity index (χ1v) is 13.2. The number of aliphatic imine (C=N–C) groups is 1. The molecule has 15 nitrogen and oxygen atoms in total. The smallest absolute Gasteiger partial charge is 0.326 e. The van der Waals surface area contributed by atoms with Crippen molar-refractivity contribution in [1.29, 1.82) is 0 Å². The zero-order chi connectivity index (χ0) is 31.1. The number of carboxylic acid groups (broad SMARTS) is 2. The van der Waals surface area contributed by atoms with Crippen LogP contribution < -0.4 is 33.2 Å². The van der Waals surface area contributed by atoms with Gasteiger partial charge in [0.25, 0.3) is 0 Å². The van der Waals surface area contributed by atoms with Crippen LogP contribution in [0.4, 0.5) is 0 Å². The topological polar surface area (TPSA) is 273 Å². The lowest BCUT2D eigenvalue weighted by molar-refractivity contribution is -0.144. The summed E-state index contributed by atoms with van der Waals surface area (Å²) in [5.74, 6) is -5.23. The van der Waals surface area contributed by atoms with Crippen LogP contribution in [0.15, 0.2) is 29.3 Å². The molecule has 0 radical (unpaired) electrons. The number of benzene rings is 1. The molecule has 41 heavy (non-hydrogen) atoms. The number of nitrogens with two attached hydrogens (primary N) is 3. The SMILES string of the molecule is CCC(C)C(NC(=O)C(CCCN=C(N)N)NC(=O)C(Cc1ccc(O)cc1)NC(=O)C(N)CCC(=O)O)C(=O)O. The van der Waals surface area contributed by atoms with Crippen LogP contribution >= 0.6 is 0 Å². The van der Waals surface area contributed by atoms with Gasteiger partial charge in [-0.15, -0.1) is 0 Å². The van der Waals surface area contributed by atoms with Crippen molar-refractivity contribution in [3.63, 3.8) is 0 Å². The first-order valence-electron chi connectivity index (χ1n) is 13.2. The van der Waals surface area contributed by atoms with E-state index in [2.05, 4.69) is 20.9 Å². The van der Waals surface area contributed by atoms with Crippen molar-refractivity contribution in [2.75, 3.05) is 6.54 Å². The molecule has 0 heterocycles. The highest BCUT2D eigenvalue weighted by molar-refractivity contribution is 5.94. The Kier molecular flexibility index (Phi) is 14.6. The van der Waals surface area contributed by atoms with E-state index in [1.54, 1.807) is 13.8 Å². The van der Waals surface area contributed by atoms with Crippen LogP contribution in [0.25, 0.3) is 0 Å². The average Bonchev–Trinajstić information content (AvgIpc) is 2.91. The molecule has 5 atom stereocenters. The summed E-state index contributed by atoms with van der Waals surface area (Å²) >= 11 is 0. The number of amides is 3. The monoisotopic (exact) mass is 579 g/mol. The third kappa shape index (κ3) is 13.0. The summed E-state index contributed by atoms with van der Waals surface area (Å²) in [6.45, 7) is 3.59.